The van der Waals surface area contributed by atoms with Crippen LogP contribution in [-0.4, -0.2) is 22.4 Å². The summed E-state index contributed by atoms with van der Waals surface area (Å²) < 4.78 is 0. The topological polar surface area (TPSA) is 97.2 Å². The van der Waals surface area contributed by atoms with Gasteiger partial charge in [0.2, 0.25) is 5.91 Å². The van der Waals surface area contributed by atoms with Gasteiger partial charge in [0.05, 0.1) is 11.5 Å². The van der Waals surface area contributed by atoms with E-state index in [-0.39, 0.29) is 18.1 Å². The average Bonchev–Trinajstić information content (AvgIpc) is 2.47. The summed E-state index contributed by atoms with van der Waals surface area (Å²) in [6, 6.07) is 9.93. The summed E-state index contributed by atoms with van der Waals surface area (Å²) in [6.45, 7) is 1.69. The molecule has 0 atom stereocenters. The molecule has 1 aromatic carbocycles. The summed E-state index contributed by atoms with van der Waals surface area (Å²) in [5.41, 5.74) is 1.03. The van der Waals surface area contributed by atoms with E-state index < -0.39 is 4.92 Å². The number of nitro benzene ring substituents is 1. The van der Waals surface area contributed by atoms with Gasteiger partial charge in [-0.2, -0.15) is 0 Å². The van der Waals surface area contributed by atoms with Crippen molar-refractivity contribution in [1.29, 1.82) is 0 Å². The largest absolute Gasteiger partial charge is 0.371 e. The predicted octanol–water partition coefficient (Wildman–Crippen LogP) is 2.35. The Balaban J connectivity index is 2.00. The molecule has 7 heteroatoms. The summed E-state index contributed by atoms with van der Waals surface area (Å²) in [4.78, 5) is 26.2. The minimum Gasteiger partial charge on any atom is -0.371 e. The Bertz CT molecular complexity index is 659. The number of nitrogens with zero attached hydrogens (tertiary/aromatic N) is 2. The summed E-state index contributed by atoms with van der Waals surface area (Å²) >= 11 is 0. The van der Waals surface area contributed by atoms with E-state index in [1.165, 1.54) is 6.07 Å². The minimum atomic E-state index is -0.480. The van der Waals surface area contributed by atoms with E-state index in [4.69, 9.17) is 0 Å². The number of amides is 1. The van der Waals surface area contributed by atoms with E-state index in [1.807, 2.05) is 0 Å². The molecule has 0 saturated heterocycles. The maximum atomic E-state index is 11.8. The number of anilines is 2. The van der Waals surface area contributed by atoms with E-state index in [0.29, 0.717) is 11.5 Å². The van der Waals surface area contributed by atoms with Crippen LogP contribution in [0.25, 0.3) is 0 Å². The van der Waals surface area contributed by atoms with Crippen LogP contribution < -0.4 is 10.6 Å². The summed E-state index contributed by atoms with van der Waals surface area (Å²) in [6.07, 6.45) is 1.56. The fourth-order valence-corrected chi connectivity index (χ4v) is 1.74. The molecule has 0 saturated carbocycles. The van der Waals surface area contributed by atoms with Crippen molar-refractivity contribution in [2.45, 2.75) is 6.92 Å². The normalized spacial score (nSPS) is 9.95. The summed E-state index contributed by atoms with van der Waals surface area (Å²) in [7, 11) is 0. The average molecular weight is 286 g/mol. The lowest BCUT2D eigenvalue weighted by Crippen LogP contribution is -2.22. The lowest BCUT2D eigenvalue weighted by Gasteiger charge is -2.08. The SMILES string of the molecule is Cc1ccc(NCC(=O)Nc2ccccn2)c([N+](=O)[O-])c1. The Morgan fingerprint density at radius 2 is 2.14 bits per heavy atom. The number of hydrogen-bond acceptors (Lipinski definition) is 5. The van der Waals surface area contributed by atoms with Crippen LogP contribution in [0.1, 0.15) is 5.56 Å². The van der Waals surface area contributed by atoms with Crippen molar-refractivity contribution >= 4 is 23.1 Å². The second-order valence-electron chi connectivity index (χ2n) is 4.39. The fourth-order valence-electron chi connectivity index (χ4n) is 1.74. The number of pyridine rings is 1. The lowest BCUT2D eigenvalue weighted by molar-refractivity contribution is -0.384. The van der Waals surface area contributed by atoms with Crippen molar-refractivity contribution in [2.24, 2.45) is 0 Å². The monoisotopic (exact) mass is 286 g/mol. The molecule has 1 heterocycles. The molecule has 2 N–H and O–H groups in total. The van der Waals surface area contributed by atoms with Crippen molar-refractivity contribution in [2.75, 3.05) is 17.2 Å². The van der Waals surface area contributed by atoms with Gasteiger partial charge in [0, 0.05) is 12.3 Å². The highest BCUT2D eigenvalue weighted by Crippen LogP contribution is 2.24. The number of carbonyl (C=O) groups is 1. The van der Waals surface area contributed by atoms with Crippen molar-refractivity contribution in [3.05, 3.63) is 58.3 Å². The Morgan fingerprint density at radius 1 is 1.33 bits per heavy atom. The van der Waals surface area contributed by atoms with Crippen LogP contribution in [0.2, 0.25) is 0 Å². The molecule has 0 unspecified atom stereocenters. The van der Waals surface area contributed by atoms with Crippen LogP contribution >= 0.6 is 0 Å². The molecule has 0 radical (unpaired) electrons. The third kappa shape index (κ3) is 4.00. The molecule has 2 aromatic rings. The zero-order valence-electron chi connectivity index (χ0n) is 11.4. The van der Waals surface area contributed by atoms with E-state index in [0.717, 1.165) is 5.56 Å². The molecular formula is C14H14N4O3. The Hall–Kier alpha value is -2.96. The quantitative estimate of drug-likeness (QED) is 0.649. The first-order chi connectivity index (χ1) is 10.1. The number of nitrogens with one attached hydrogen (secondary N) is 2. The van der Waals surface area contributed by atoms with E-state index in [9.17, 15) is 14.9 Å². The van der Waals surface area contributed by atoms with Gasteiger partial charge >= 0.3 is 0 Å². The maximum absolute atomic E-state index is 11.8. The zero-order valence-corrected chi connectivity index (χ0v) is 11.4. The van der Waals surface area contributed by atoms with Crippen LogP contribution in [0.15, 0.2) is 42.6 Å². The van der Waals surface area contributed by atoms with Gasteiger partial charge in [-0.1, -0.05) is 12.1 Å². The first kappa shape index (κ1) is 14.4. The van der Waals surface area contributed by atoms with Gasteiger partial charge in [0.1, 0.15) is 11.5 Å². The molecule has 0 spiro atoms. The van der Waals surface area contributed by atoms with Gasteiger partial charge < -0.3 is 10.6 Å². The predicted molar refractivity (Wildman–Crippen MR) is 79.2 cm³/mol. The van der Waals surface area contributed by atoms with Crippen LogP contribution in [-0.2, 0) is 4.79 Å². The van der Waals surface area contributed by atoms with Crippen LogP contribution in [0.5, 0.6) is 0 Å². The highest BCUT2D eigenvalue weighted by Gasteiger charge is 2.14. The molecular weight excluding hydrogens is 272 g/mol. The number of nitro groups is 1. The first-order valence-electron chi connectivity index (χ1n) is 6.26. The van der Waals surface area contributed by atoms with Gasteiger partial charge in [-0.05, 0) is 30.7 Å². The van der Waals surface area contributed by atoms with Crippen LogP contribution in [0.3, 0.4) is 0 Å². The number of carbonyl (C=O) groups excluding carboxylic acids is 1. The third-order valence-electron chi connectivity index (χ3n) is 2.72. The molecule has 1 aromatic heterocycles. The minimum absolute atomic E-state index is 0.0550. The van der Waals surface area contributed by atoms with Crippen molar-refractivity contribution in [3.63, 3.8) is 0 Å². The molecule has 7 nitrogen and oxygen atoms in total. The second kappa shape index (κ2) is 6.47. The first-order valence-corrected chi connectivity index (χ1v) is 6.26. The number of rotatable bonds is 5. The summed E-state index contributed by atoms with van der Waals surface area (Å²) in [5.74, 6) is 0.103. The second-order valence-corrected chi connectivity index (χ2v) is 4.39. The lowest BCUT2D eigenvalue weighted by atomic mass is 10.2. The third-order valence-corrected chi connectivity index (χ3v) is 2.72. The van der Waals surface area contributed by atoms with Crippen molar-refractivity contribution in [1.82, 2.24) is 4.98 Å². The summed E-state index contributed by atoms with van der Waals surface area (Å²) in [5, 5.41) is 16.3. The molecule has 0 aliphatic rings. The van der Waals surface area contributed by atoms with E-state index in [1.54, 1.807) is 43.5 Å². The van der Waals surface area contributed by atoms with Gasteiger partial charge in [0.25, 0.3) is 5.69 Å². The number of hydrogen-bond donors (Lipinski definition) is 2. The van der Waals surface area contributed by atoms with E-state index >= 15 is 0 Å². The standard InChI is InChI=1S/C14H14N4O3/c1-10-5-6-11(12(8-10)18(20)21)16-9-14(19)17-13-4-2-3-7-15-13/h2-8,16H,9H2,1H3,(H,15,17,19). The maximum Gasteiger partial charge on any atom is 0.292 e. The molecule has 21 heavy (non-hydrogen) atoms. The number of benzene rings is 1. The van der Waals surface area contributed by atoms with Crippen LogP contribution in [0.4, 0.5) is 17.2 Å². The Morgan fingerprint density at radius 3 is 2.81 bits per heavy atom. The smallest absolute Gasteiger partial charge is 0.292 e. The molecule has 1 amide bonds. The highest BCUT2D eigenvalue weighted by atomic mass is 16.6. The Kier molecular flexibility index (Phi) is 4.45. The highest BCUT2D eigenvalue weighted by molar-refractivity contribution is 5.93. The molecule has 0 aliphatic carbocycles. The van der Waals surface area contributed by atoms with Crippen LogP contribution in [0, 0.1) is 17.0 Å². The van der Waals surface area contributed by atoms with Gasteiger partial charge in [0.15, 0.2) is 0 Å². The number of aryl methyl sites for hydroxylation is 1. The fraction of sp³-hybridized carbons (Fsp3) is 0.143. The molecule has 0 fully saturated rings. The van der Waals surface area contributed by atoms with Gasteiger partial charge in [-0.25, -0.2) is 4.98 Å². The van der Waals surface area contributed by atoms with Gasteiger partial charge in [-0.15, -0.1) is 0 Å². The molecule has 2 rings (SSSR count). The molecule has 108 valence electrons. The van der Waals surface area contributed by atoms with Crippen molar-refractivity contribution in [3.8, 4) is 0 Å². The zero-order chi connectivity index (χ0) is 15.2. The molecule has 0 aliphatic heterocycles. The Labute approximate surface area is 121 Å². The van der Waals surface area contributed by atoms with E-state index in [2.05, 4.69) is 15.6 Å². The molecule has 0 bridgehead atoms. The number of aromatic nitrogens is 1. The van der Waals surface area contributed by atoms with Crippen molar-refractivity contribution < 1.29 is 9.72 Å². The van der Waals surface area contributed by atoms with Gasteiger partial charge in [-0.3, -0.25) is 14.9 Å².